The smallest absolute Gasteiger partial charge is 0.272 e. The van der Waals surface area contributed by atoms with E-state index >= 15 is 0 Å². The molecule has 9 nitrogen and oxygen atoms in total. The molecule has 26 heavy (non-hydrogen) atoms. The molecule has 0 radical (unpaired) electrons. The third-order valence-electron chi connectivity index (χ3n) is 5.56. The molecular formula is C17H20N4O5. The summed E-state index contributed by atoms with van der Waals surface area (Å²) >= 11 is 0. The molecule has 138 valence electrons. The van der Waals surface area contributed by atoms with Crippen LogP contribution in [0.15, 0.2) is 12.1 Å². The van der Waals surface area contributed by atoms with Crippen LogP contribution in [0.4, 0.5) is 11.4 Å². The van der Waals surface area contributed by atoms with E-state index in [1.807, 2.05) is 0 Å². The second-order valence-corrected chi connectivity index (χ2v) is 7.06. The summed E-state index contributed by atoms with van der Waals surface area (Å²) in [5, 5.41) is 14.3. The standard InChI is InChI=1S/C17H20N4O5/c1-19-14-7-11(21(24)25)6-12(16(14)26-9-15(19)22)17(23)18-13-8-20-4-2-10(13)3-5-20/h6-7,10,13H,2-5,8-9H2,1H3,(H,18,23). The number of fused-ring (bicyclic) bond motifs is 4. The van der Waals surface area contributed by atoms with E-state index in [1.54, 1.807) is 0 Å². The van der Waals surface area contributed by atoms with Gasteiger partial charge in [0.05, 0.1) is 16.2 Å². The maximum atomic E-state index is 12.9. The number of nitro groups is 1. The Kier molecular flexibility index (Phi) is 4.03. The van der Waals surface area contributed by atoms with Crippen molar-refractivity contribution in [3.63, 3.8) is 0 Å². The highest BCUT2D eigenvalue weighted by Gasteiger charge is 2.36. The number of non-ortho nitro benzene ring substituents is 1. The normalized spacial score (nSPS) is 26.9. The molecule has 1 N–H and O–H groups in total. The second-order valence-electron chi connectivity index (χ2n) is 7.06. The van der Waals surface area contributed by atoms with Crippen molar-refractivity contribution in [1.82, 2.24) is 10.2 Å². The van der Waals surface area contributed by atoms with Crippen molar-refractivity contribution in [2.45, 2.75) is 18.9 Å². The Hall–Kier alpha value is -2.68. The molecule has 1 aromatic rings. The number of likely N-dealkylation sites (N-methyl/N-ethyl adjacent to an activating group) is 1. The molecule has 9 heteroatoms. The van der Waals surface area contributed by atoms with Crippen molar-refractivity contribution in [2.75, 3.05) is 38.2 Å². The number of nitro benzene ring substituents is 1. The number of nitrogens with zero attached hydrogens (tertiary/aromatic N) is 3. The molecule has 1 atom stereocenters. The van der Waals surface area contributed by atoms with Crippen LogP contribution in [-0.2, 0) is 4.79 Å². The van der Waals surface area contributed by atoms with Crippen molar-refractivity contribution in [3.05, 3.63) is 27.8 Å². The van der Waals surface area contributed by atoms with Crippen molar-refractivity contribution in [3.8, 4) is 5.75 Å². The fourth-order valence-corrected chi connectivity index (χ4v) is 4.01. The number of hydrogen-bond donors (Lipinski definition) is 1. The zero-order chi connectivity index (χ0) is 18.4. The number of nitrogens with one attached hydrogen (secondary N) is 1. The number of amides is 2. The number of piperidine rings is 3. The number of anilines is 1. The molecule has 1 unspecified atom stereocenters. The monoisotopic (exact) mass is 360 g/mol. The second kappa shape index (κ2) is 6.24. The summed E-state index contributed by atoms with van der Waals surface area (Å²) < 4.78 is 5.46. The molecule has 4 aliphatic rings. The van der Waals surface area contributed by atoms with E-state index in [1.165, 1.54) is 24.1 Å². The molecule has 2 bridgehead atoms. The summed E-state index contributed by atoms with van der Waals surface area (Å²) in [6.07, 6.45) is 2.09. The molecule has 2 amide bonds. The number of carbonyl (C=O) groups excluding carboxylic acids is 2. The van der Waals surface area contributed by atoms with Crippen molar-refractivity contribution < 1.29 is 19.2 Å². The van der Waals surface area contributed by atoms with Crippen LogP contribution in [0.5, 0.6) is 5.75 Å². The van der Waals surface area contributed by atoms with Gasteiger partial charge in [-0.2, -0.15) is 0 Å². The van der Waals surface area contributed by atoms with Crippen LogP contribution in [0, 0.1) is 16.0 Å². The van der Waals surface area contributed by atoms with E-state index in [4.69, 9.17) is 4.74 Å². The number of carbonyl (C=O) groups is 2. The van der Waals surface area contributed by atoms with Gasteiger partial charge in [0.15, 0.2) is 12.4 Å². The lowest BCUT2D eigenvalue weighted by atomic mass is 9.84. The molecular weight excluding hydrogens is 340 g/mol. The average molecular weight is 360 g/mol. The number of benzene rings is 1. The first-order valence-electron chi connectivity index (χ1n) is 8.69. The van der Waals surface area contributed by atoms with Gasteiger partial charge in [-0.3, -0.25) is 19.7 Å². The minimum absolute atomic E-state index is 0.0304. The topological polar surface area (TPSA) is 105 Å². The van der Waals surface area contributed by atoms with E-state index < -0.39 is 10.8 Å². The average Bonchev–Trinajstić information content (AvgIpc) is 2.65. The third-order valence-corrected chi connectivity index (χ3v) is 5.56. The molecule has 0 saturated carbocycles. The highest BCUT2D eigenvalue weighted by molar-refractivity contribution is 6.05. The summed E-state index contributed by atoms with van der Waals surface area (Å²) in [4.78, 5) is 39.0. The molecule has 4 aliphatic heterocycles. The quantitative estimate of drug-likeness (QED) is 0.631. The molecule has 5 rings (SSSR count). The Morgan fingerprint density at radius 1 is 1.35 bits per heavy atom. The summed E-state index contributed by atoms with van der Waals surface area (Å²) in [5.41, 5.74) is 0.104. The van der Waals surface area contributed by atoms with Gasteiger partial charge in [-0.25, -0.2) is 0 Å². The zero-order valence-electron chi connectivity index (χ0n) is 14.4. The zero-order valence-corrected chi connectivity index (χ0v) is 14.4. The third kappa shape index (κ3) is 2.78. The van der Waals surface area contributed by atoms with Gasteiger partial charge < -0.3 is 19.9 Å². The maximum Gasteiger partial charge on any atom is 0.272 e. The number of rotatable bonds is 3. The Balaban J connectivity index is 1.66. The molecule has 0 aliphatic carbocycles. The number of ether oxygens (including phenoxy) is 1. The number of hydrogen-bond acceptors (Lipinski definition) is 6. The fourth-order valence-electron chi connectivity index (χ4n) is 4.01. The van der Waals surface area contributed by atoms with E-state index in [0.717, 1.165) is 32.5 Å². The highest BCUT2D eigenvalue weighted by atomic mass is 16.6. The highest BCUT2D eigenvalue weighted by Crippen LogP contribution is 2.38. The molecule has 1 aromatic carbocycles. The summed E-state index contributed by atoms with van der Waals surface area (Å²) in [5.74, 6) is -0.0617. The SMILES string of the molecule is CN1C(=O)COc2c(C(=O)NC3CN4CCC3CC4)cc([N+](=O)[O-])cc21. The van der Waals surface area contributed by atoms with Gasteiger partial charge in [0, 0.05) is 31.8 Å². The van der Waals surface area contributed by atoms with Gasteiger partial charge in [-0.05, 0) is 31.8 Å². The predicted molar refractivity (Wildman–Crippen MR) is 92.4 cm³/mol. The van der Waals surface area contributed by atoms with E-state index in [9.17, 15) is 19.7 Å². The van der Waals surface area contributed by atoms with Crippen LogP contribution in [-0.4, -0.2) is 61.0 Å². The minimum Gasteiger partial charge on any atom is -0.481 e. The predicted octanol–water partition coefficient (Wildman–Crippen LogP) is 0.774. The van der Waals surface area contributed by atoms with Gasteiger partial charge in [0.25, 0.3) is 17.5 Å². The first kappa shape index (κ1) is 16.8. The molecule has 3 fully saturated rings. The van der Waals surface area contributed by atoms with Crippen LogP contribution >= 0.6 is 0 Å². The van der Waals surface area contributed by atoms with E-state index in [-0.39, 0.29) is 41.2 Å². The first-order chi connectivity index (χ1) is 12.4. The van der Waals surface area contributed by atoms with E-state index in [0.29, 0.717) is 5.92 Å². The lowest BCUT2D eigenvalue weighted by Crippen LogP contribution is -2.57. The molecule has 0 spiro atoms. The van der Waals surface area contributed by atoms with Crippen LogP contribution in [0.1, 0.15) is 23.2 Å². The Morgan fingerprint density at radius 2 is 2.08 bits per heavy atom. The van der Waals surface area contributed by atoms with Crippen LogP contribution in [0.2, 0.25) is 0 Å². The summed E-state index contributed by atoms with van der Waals surface area (Å²) in [6, 6.07) is 2.51. The molecule has 3 saturated heterocycles. The van der Waals surface area contributed by atoms with Crippen molar-refractivity contribution in [2.24, 2.45) is 5.92 Å². The Labute approximate surface area is 150 Å². The Morgan fingerprint density at radius 3 is 2.69 bits per heavy atom. The molecule has 4 heterocycles. The maximum absolute atomic E-state index is 12.9. The summed E-state index contributed by atoms with van der Waals surface area (Å²) in [6.45, 7) is 2.71. The van der Waals surface area contributed by atoms with Crippen LogP contribution in [0.25, 0.3) is 0 Å². The fraction of sp³-hybridized carbons (Fsp3) is 0.529. The van der Waals surface area contributed by atoms with Crippen molar-refractivity contribution >= 4 is 23.2 Å². The largest absolute Gasteiger partial charge is 0.481 e. The Bertz CT molecular complexity index is 788. The van der Waals surface area contributed by atoms with Gasteiger partial charge in [0.1, 0.15) is 0 Å². The van der Waals surface area contributed by atoms with Crippen LogP contribution in [0.3, 0.4) is 0 Å². The lowest BCUT2D eigenvalue weighted by Gasteiger charge is -2.45. The summed E-state index contributed by atoms with van der Waals surface area (Å²) in [7, 11) is 1.52. The van der Waals surface area contributed by atoms with Gasteiger partial charge in [-0.1, -0.05) is 0 Å². The van der Waals surface area contributed by atoms with Gasteiger partial charge >= 0.3 is 0 Å². The van der Waals surface area contributed by atoms with E-state index in [2.05, 4.69) is 10.2 Å². The van der Waals surface area contributed by atoms with Crippen LogP contribution < -0.4 is 15.0 Å². The minimum atomic E-state index is -0.571. The van der Waals surface area contributed by atoms with Gasteiger partial charge in [0.2, 0.25) is 0 Å². The van der Waals surface area contributed by atoms with Gasteiger partial charge in [-0.15, -0.1) is 0 Å². The first-order valence-corrected chi connectivity index (χ1v) is 8.69. The lowest BCUT2D eigenvalue weighted by molar-refractivity contribution is -0.384. The molecule has 0 aromatic heterocycles. The van der Waals surface area contributed by atoms with Crippen molar-refractivity contribution in [1.29, 1.82) is 0 Å².